The lowest BCUT2D eigenvalue weighted by Crippen LogP contribution is -1.98. The molecule has 0 spiro atoms. The number of hydrogen-bond donors (Lipinski definition) is 1. The van der Waals surface area contributed by atoms with Gasteiger partial charge in [-0.1, -0.05) is 12.1 Å². The third-order valence-electron chi connectivity index (χ3n) is 2.63. The number of aromatic nitrogens is 2. The molecule has 6 heteroatoms. The molecule has 0 bridgehead atoms. The maximum absolute atomic E-state index is 13.5. The summed E-state index contributed by atoms with van der Waals surface area (Å²) >= 11 is 0. The third kappa shape index (κ3) is 2.19. The van der Waals surface area contributed by atoms with E-state index in [9.17, 15) is 4.39 Å². The van der Waals surface area contributed by atoms with E-state index < -0.39 is 5.82 Å². The lowest BCUT2D eigenvalue weighted by Gasteiger charge is -2.10. The van der Waals surface area contributed by atoms with Crippen molar-refractivity contribution >= 4 is 0 Å². The van der Waals surface area contributed by atoms with Gasteiger partial charge in [0.15, 0.2) is 0 Å². The Bertz CT molecular complexity index is 554. The van der Waals surface area contributed by atoms with Crippen LogP contribution in [0.2, 0.25) is 0 Å². The zero-order valence-electron chi connectivity index (χ0n) is 10.2. The minimum absolute atomic E-state index is 0.154. The Morgan fingerprint density at radius 2 is 2.22 bits per heavy atom. The molecule has 1 aromatic carbocycles. The quantitative estimate of drug-likeness (QED) is 0.898. The van der Waals surface area contributed by atoms with E-state index in [1.165, 1.54) is 19.2 Å². The molecule has 2 N–H and O–H groups in total. The molecule has 0 aliphatic rings. The molecule has 0 aliphatic carbocycles. The van der Waals surface area contributed by atoms with Gasteiger partial charge >= 0.3 is 0 Å². The molecule has 18 heavy (non-hydrogen) atoms. The number of ether oxygens (including phenoxy) is 1. The van der Waals surface area contributed by atoms with E-state index in [1.54, 1.807) is 0 Å². The summed E-state index contributed by atoms with van der Waals surface area (Å²) in [7, 11) is 1.50. The number of methoxy groups -OCH3 is 1. The molecule has 0 radical (unpaired) electrons. The van der Waals surface area contributed by atoms with Crippen molar-refractivity contribution < 1.29 is 13.7 Å². The van der Waals surface area contributed by atoms with Crippen molar-refractivity contribution in [2.75, 3.05) is 7.11 Å². The van der Waals surface area contributed by atoms with Crippen molar-refractivity contribution in [1.82, 2.24) is 10.1 Å². The fraction of sp³-hybridized carbons (Fsp3) is 0.333. The van der Waals surface area contributed by atoms with Crippen LogP contribution in [0.5, 0.6) is 5.75 Å². The summed E-state index contributed by atoms with van der Waals surface area (Å²) in [4.78, 5) is 4.10. The van der Waals surface area contributed by atoms with Crippen molar-refractivity contribution in [2.45, 2.75) is 19.9 Å². The maximum atomic E-state index is 13.5. The summed E-state index contributed by atoms with van der Waals surface area (Å²) in [5, 5.41) is 3.79. The monoisotopic (exact) mass is 251 g/mol. The van der Waals surface area contributed by atoms with Crippen molar-refractivity contribution in [3.8, 4) is 17.1 Å². The highest BCUT2D eigenvalue weighted by molar-refractivity contribution is 5.64. The molecule has 0 saturated carbocycles. The van der Waals surface area contributed by atoms with E-state index in [2.05, 4.69) is 10.1 Å². The molecule has 1 aromatic heterocycles. The van der Waals surface area contributed by atoms with Crippen molar-refractivity contribution in [2.24, 2.45) is 5.73 Å². The number of hydrogen-bond acceptors (Lipinski definition) is 5. The van der Waals surface area contributed by atoms with E-state index in [4.69, 9.17) is 15.0 Å². The summed E-state index contributed by atoms with van der Waals surface area (Å²) in [6.07, 6.45) is 0.672. The van der Waals surface area contributed by atoms with Gasteiger partial charge in [0.1, 0.15) is 11.6 Å². The average Bonchev–Trinajstić information content (AvgIpc) is 2.86. The Labute approximate surface area is 104 Å². The predicted molar refractivity (Wildman–Crippen MR) is 63.5 cm³/mol. The largest absolute Gasteiger partial charge is 0.496 e. The molecule has 0 fully saturated rings. The summed E-state index contributed by atoms with van der Waals surface area (Å²) in [5.74, 6) is 0.713. The third-order valence-corrected chi connectivity index (χ3v) is 2.63. The van der Waals surface area contributed by atoms with Crippen LogP contribution in [0.15, 0.2) is 16.7 Å². The lowest BCUT2D eigenvalue weighted by atomic mass is 10.0. The lowest BCUT2D eigenvalue weighted by molar-refractivity contribution is 0.380. The molecule has 0 unspecified atom stereocenters. The van der Waals surface area contributed by atoms with Gasteiger partial charge in [-0.2, -0.15) is 4.98 Å². The number of nitrogens with zero attached hydrogens (tertiary/aromatic N) is 2. The van der Waals surface area contributed by atoms with Gasteiger partial charge in [-0.05, 0) is 12.5 Å². The highest BCUT2D eigenvalue weighted by atomic mass is 19.1. The van der Waals surface area contributed by atoms with Crippen LogP contribution in [0.4, 0.5) is 4.39 Å². The van der Waals surface area contributed by atoms with E-state index in [0.29, 0.717) is 29.4 Å². The highest BCUT2D eigenvalue weighted by Gasteiger charge is 2.16. The SMILES string of the molecule is CCc1c(OC)cc(F)cc1-c1noc(CN)n1. The Morgan fingerprint density at radius 1 is 1.44 bits per heavy atom. The van der Waals surface area contributed by atoms with Crippen LogP contribution in [-0.2, 0) is 13.0 Å². The average molecular weight is 251 g/mol. The molecule has 0 amide bonds. The topological polar surface area (TPSA) is 74.2 Å². The predicted octanol–water partition coefficient (Wildman–Crippen LogP) is 1.91. The summed E-state index contributed by atoms with van der Waals surface area (Å²) in [6.45, 7) is 2.10. The maximum Gasteiger partial charge on any atom is 0.240 e. The van der Waals surface area contributed by atoms with Gasteiger partial charge in [-0.25, -0.2) is 4.39 Å². The molecule has 2 aromatic rings. The van der Waals surface area contributed by atoms with Crippen LogP contribution in [0.1, 0.15) is 18.4 Å². The molecular formula is C12H14FN3O2. The van der Waals surface area contributed by atoms with Gasteiger partial charge in [0.25, 0.3) is 0 Å². The second kappa shape index (κ2) is 5.14. The minimum Gasteiger partial charge on any atom is -0.496 e. The standard InChI is InChI=1S/C12H14FN3O2/c1-3-8-9(4-7(13)5-10(8)17-2)12-15-11(6-14)18-16-12/h4-5H,3,6,14H2,1-2H3. The zero-order chi connectivity index (χ0) is 13.1. The van der Waals surface area contributed by atoms with E-state index in [1.807, 2.05) is 6.92 Å². The highest BCUT2D eigenvalue weighted by Crippen LogP contribution is 2.30. The minimum atomic E-state index is -0.404. The van der Waals surface area contributed by atoms with Gasteiger partial charge in [0.05, 0.1) is 13.7 Å². The zero-order valence-corrected chi connectivity index (χ0v) is 10.2. The van der Waals surface area contributed by atoms with E-state index >= 15 is 0 Å². The number of benzene rings is 1. The molecule has 2 rings (SSSR count). The Morgan fingerprint density at radius 3 is 2.78 bits per heavy atom. The van der Waals surface area contributed by atoms with Gasteiger partial charge in [-0.3, -0.25) is 0 Å². The normalized spacial score (nSPS) is 10.7. The van der Waals surface area contributed by atoms with E-state index in [-0.39, 0.29) is 6.54 Å². The second-order valence-electron chi connectivity index (χ2n) is 3.70. The molecule has 0 aliphatic heterocycles. The Hall–Kier alpha value is -1.95. The summed E-state index contributed by atoms with van der Waals surface area (Å²) in [6, 6.07) is 2.71. The molecule has 0 atom stereocenters. The summed E-state index contributed by atoms with van der Waals surface area (Å²) in [5.41, 5.74) is 6.81. The number of rotatable bonds is 4. The van der Waals surface area contributed by atoms with Gasteiger partial charge in [0.2, 0.25) is 11.7 Å². The molecule has 96 valence electrons. The smallest absolute Gasteiger partial charge is 0.240 e. The van der Waals surface area contributed by atoms with Crippen LogP contribution in [0.25, 0.3) is 11.4 Å². The fourth-order valence-electron chi connectivity index (χ4n) is 1.81. The van der Waals surface area contributed by atoms with Gasteiger partial charge < -0.3 is 15.0 Å². The van der Waals surface area contributed by atoms with Crippen LogP contribution in [0, 0.1) is 5.82 Å². The van der Waals surface area contributed by atoms with Crippen LogP contribution < -0.4 is 10.5 Å². The molecular weight excluding hydrogens is 237 g/mol. The van der Waals surface area contributed by atoms with E-state index in [0.717, 1.165) is 5.56 Å². The van der Waals surface area contributed by atoms with Gasteiger partial charge in [-0.15, -0.1) is 0 Å². The summed E-state index contributed by atoms with van der Waals surface area (Å²) < 4.78 is 23.6. The number of halogens is 1. The first-order valence-electron chi connectivity index (χ1n) is 5.59. The Balaban J connectivity index is 2.58. The van der Waals surface area contributed by atoms with Crippen molar-refractivity contribution in [3.05, 3.63) is 29.4 Å². The second-order valence-corrected chi connectivity index (χ2v) is 3.70. The van der Waals surface area contributed by atoms with Crippen LogP contribution >= 0.6 is 0 Å². The molecule has 5 nitrogen and oxygen atoms in total. The van der Waals surface area contributed by atoms with Gasteiger partial charge in [0, 0.05) is 17.2 Å². The number of nitrogens with two attached hydrogens (primary N) is 1. The molecule has 0 saturated heterocycles. The molecule has 1 heterocycles. The first kappa shape index (κ1) is 12.5. The Kier molecular flexibility index (Phi) is 3.57. The first-order chi connectivity index (χ1) is 8.69. The fourth-order valence-corrected chi connectivity index (χ4v) is 1.81. The first-order valence-corrected chi connectivity index (χ1v) is 5.59. The van der Waals surface area contributed by atoms with Crippen molar-refractivity contribution in [3.63, 3.8) is 0 Å². The van der Waals surface area contributed by atoms with Crippen molar-refractivity contribution in [1.29, 1.82) is 0 Å². The van der Waals surface area contributed by atoms with Crippen LogP contribution in [-0.4, -0.2) is 17.3 Å². The van der Waals surface area contributed by atoms with Crippen LogP contribution in [0.3, 0.4) is 0 Å².